The van der Waals surface area contributed by atoms with Crippen LogP contribution in [0.3, 0.4) is 0 Å². The third-order valence-electron chi connectivity index (χ3n) is 1.45. The molecule has 3 heteroatoms. The van der Waals surface area contributed by atoms with E-state index in [1.807, 2.05) is 13.8 Å². The third kappa shape index (κ3) is 1.48. The van der Waals surface area contributed by atoms with Gasteiger partial charge in [0.1, 0.15) is 0 Å². The lowest BCUT2D eigenvalue weighted by molar-refractivity contribution is 0.418. The molecule has 11 heavy (non-hydrogen) atoms. The first kappa shape index (κ1) is 7.98. The summed E-state index contributed by atoms with van der Waals surface area (Å²) in [4.78, 5) is 3.85. The van der Waals surface area contributed by atoms with Gasteiger partial charge in [-0.15, -0.1) is 0 Å². The van der Waals surface area contributed by atoms with E-state index in [0.717, 1.165) is 6.07 Å². The lowest BCUT2D eigenvalue weighted by Crippen LogP contribution is -1.94. The quantitative estimate of drug-likeness (QED) is 0.673. The van der Waals surface area contributed by atoms with Gasteiger partial charge in [-0.25, -0.2) is 4.39 Å². The van der Waals surface area contributed by atoms with Crippen LogP contribution in [-0.4, -0.2) is 10.1 Å². The Bertz CT molecular complexity index is 260. The van der Waals surface area contributed by atoms with E-state index in [-0.39, 0.29) is 11.7 Å². The van der Waals surface area contributed by atoms with Gasteiger partial charge in [-0.3, -0.25) is 4.98 Å². The first-order chi connectivity index (χ1) is 5.13. The molecule has 0 aliphatic rings. The summed E-state index contributed by atoms with van der Waals surface area (Å²) in [6.45, 7) is 3.70. The van der Waals surface area contributed by atoms with Crippen molar-refractivity contribution in [1.29, 1.82) is 0 Å². The van der Waals surface area contributed by atoms with Crippen molar-refractivity contribution in [3.8, 4) is 5.75 Å². The molecule has 1 rings (SSSR count). The summed E-state index contributed by atoms with van der Waals surface area (Å²) in [6.07, 6.45) is 1.35. The number of nitrogens with zero attached hydrogens (tertiary/aromatic N) is 1. The molecule has 0 atom stereocenters. The second-order valence-electron chi connectivity index (χ2n) is 2.68. The van der Waals surface area contributed by atoms with Crippen molar-refractivity contribution >= 4 is 0 Å². The average molecular weight is 155 g/mol. The molecule has 0 spiro atoms. The summed E-state index contributed by atoms with van der Waals surface area (Å²) in [5.41, 5.74) is 0.407. The zero-order chi connectivity index (χ0) is 8.43. The molecule has 0 saturated carbocycles. The summed E-state index contributed by atoms with van der Waals surface area (Å²) < 4.78 is 12.6. The van der Waals surface area contributed by atoms with Crippen LogP contribution in [0.5, 0.6) is 5.75 Å². The van der Waals surface area contributed by atoms with Gasteiger partial charge < -0.3 is 5.11 Å². The molecule has 1 aromatic rings. The fourth-order valence-electron chi connectivity index (χ4n) is 0.868. The molecule has 0 aliphatic carbocycles. The molecular weight excluding hydrogens is 145 g/mol. The van der Waals surface area contributed by atoms with Crippen LogP contribution < -0.4 is 0 Å². The van der Waals surface area contributed by atoms with Gasteiger partial charge in [0.25, 0.3) is 0 Å². The maximum Gasteiger partial charge on any atom is 0.173 e. The van der Waals surface area contributed by atoms with Crippen molar-refractivity contribution in [1.82, 2.24) is 4.98 Å². The first-order valence-corrected chi connectivity index (χ1v) is 3.46. The molecule has 0 fully saturated rings. The van der Waals surface area contributed by atoms with Gasteiger partial charge in [0.15, 0.2) is 11.6 Å². The van der Waals surface area contributed by atoms with Crippen molar-refractivity contribution < 1.29 is 9.50 Å². The van der Waals surface area contributed by atoms with Gasteiger partial charge in [-0.2, -0.15) is 0 Å². The van der Waals surface area contributed by atoms with Crippen molar-refractivity contribution in [3.63, 3.8) is 0 Å². The van der Waals surface area contributed by atoms with Gasteiger partial charge >= 0.3 is 0 Å². The molecule has 0 amide bonds. The average Bonchev–Trinajstić information content (AvgIpc) is 1.94. The van der Waals surface area contributed by atoms with Gasteiger partial charge in [0, 0.05) is 6.20 Å². The zero-order valence-corrected chi connectivity index (χ0v) is 6.50. The van der Waals surface area contributed by atoms with Crippen LogP contribution in [0.15, 0.2) is 12.3 Å². The highest BCUT2D eigenvalue weighted by Crippen LogP contribution is 2.24. The minimum Gasteiger partial charge on any atom is -0.504 e. The molecule has 0 aliphatic heterocycles. The van der Waals surface area contributed by atoms with Crippen LogP contribution in [0.4, 0.5) is 4.39 Å². The molecule has 2 nitrogen and oxygen atoms in total. The lowest BCUT2D eigenvalue weighted by atomic mass is 10.1. The van der Waals surface area contributed by atoms with Crippen LogP contribution in [0.25, 0.3) is 0 Å². The standard InChI is InChI=1S/C8H10FNO/c1-5(2)7-8(11)6(9)3-4-10-7/h3-5,11H,1-2H3. The summed E-state index contributed by atoms with van der Waals surface area (Å²) in [5.74, 6) is -0.892. The predicted molar refractivity (Wildman–Crippen MR) is 39.9 cm³/mol. The Balaban J connectivity index is 3.17. The minimum absolute atomic E-state index is 0.0469. The van der Waals surface area contributed by atoms with Crippen LogP contribution >= 0.6 is 0 Å². The lowest BCUT2D eigenvalue weighted by Gasteiger charge is -2.05. The predicted octanol–water partition coefficient (Wildman–Crippen LogP) is 2.05. The van der Waals surface area contributed by atoms with Crippen molar-refractivity contribution in [3.05, 3.63) is 23.8 Å². The fraction of sp³-hybridized carbons (Fsp3) is 0.375. The highest BCUT2D eigenvalue weighted by atomic mass is 19.1. The van der Waals surface area contributed by atoms with Gasteiger partial charge in [-0.05, 0) is 12.0 Å². The molecule has 1 aromatic heterocycles. The number of rotatable bonds is 1. The highest BCUT2D eigenvalue weighted by molar-refractivity contribution is 5.29. The zero-order valence-electron chi connectivity index (χ0n) is 6.50. The number of aromatic hydroxyl groups is 1. The van der Waals surface area contributed by atoms with Crippen molar-refractivity contribution in [2.45, 2.75) is 19.8 Å². The molecule has 1 N–H and O–H groups in total. The Hall–Kier alpha value is -1.12. The van der Waals surface area contributed by atoms with Crippen LogP contribution in [-0.2, 0) is 0 Å². The second-order valence-corrected chi connectivity index (χ2v) is 2.68. The second kappa shape index (κ2) is 2.86. The Morgan fingerprint density at radius 3 is 2.64 bits per heavy atom. The van der Waals surface area contributed by atoms with Crippen LogP contribution in [0.1, 0.15) is 25.5 Å². The monoisotopic (exact) mass is 155 g/mol. The van der Waals surface area contributed by atoms with Crippen LogP contribution in [0.2, 0.25) is 0 Å². The van der Waals surface area contributed by atoms with Gasteiger partial charge in [-0.1, -0.05) is 13.8 Å². The molecule has 0 bridgehead atoms. The summed E-state index contributed by atoms with van der Waals surface area (Å²) >= 11 is 0. The SMILES string of the molecule is CC(C)c1nccc(F)c1O. The third-order valence-corrected chi connectivity index (χ3v) is 1.45. The Morgan fingerprint density at radius 1 is 1.55 bits per heavy atom. The van der Waals surface area contributed by atoms with E-state index in [0.29, 0.717) is 5.69 Å². The minimum atomic E-state index is -0.608. The summed E-state index contributed by atoms with van der Waals surface area (Å²) in [7, 11) is 0. The first-order valence-electron chi connectivity index (χ1n) is 3.46. The summed E-state index contributed by atoms with van der Waals surface area (Å²) in [6, 6.07) is 1.14. The largest absolute Gasteiger partial charge is 0.504 e. The van der Waals surface area contributed by atoms with E-state index in [2.05, 4.69) is 4.98 Å². The van der Waals surface area contributed by atoms with Crippen molar-refractivity contribution in [2.24, 2.45) is 0 Å². The molecule has 0 saturated heterocycles. The highest BCUT2D eigenvalue weighted by Gasteiger charge is 2.10. The van der Waals surface area contributed by atoms with Crippen LogP contribution in [0, 0.1) is 5.82 Å². The molecule has 0 radical (unpaired) electrons. The normalized spacial score (nSPS) is 10.5. The fourth-order valence-corrected chi connectivity index (χ4v) is 0.868. The maximum absolute atomic E-state index is 12.6. The molecule has 1 heterocycles. The van der Waals surface area contributed by atoms with E-state index in [1.54, 1.807) is 0 Å². The number of hydrogen-bond donors (Lipinski definition) is 1. The summed E-state index contributed by atoms with van der Waals surface area (Å²) in [5, 5.41) is 9.13. The van der Waals surface area contributed by atoms with Gasteiger partial charge in [0.2, 0.25) is 0 Å². The number of aromatic nitrogens is 1. The van der Waals surface area contributed by atoms with E-state index in [4.69, 9.17) is 5.11 Å². The molecule has 60 valence electrons. The molecule has 0 aromatic carbocycles. The molecular formula is C8H10FNO. The number of hydrogen-bond acceptors (Lipinski definition) is 2. The topological polar surface area (TPSA) is 33.1 Å². The van der Waals surface area contributed by atoms with E-state index < -0.39 is 5.82 Å². The molecule has 0 unspecified atom stereocenters. The number of pyridine rings is 1. The smallest absolute Gasteiger partial charge is 0.173 e. The number of halogens is 1. The van der Waals surface area contributed by atoms with E-state index in [9.17, 15) is 4.39 Å². The maximum atomic E-state index is 12.6. The Morgan fingerprint density at radius 2 is 2.18 bits per heavy atom. The van der Waals surface area contributed by atoms with Crippen molar-refractivity contribution in [2.75, 3.05) is 0 Å². The van der Waals surface area contributed by atoms with E-state index >= 15 is 0 Å². The Kier molecular flexibility index (Phi) is 2.08. The van der Waals surface area contributed by atoms with Gasteiger partial charge in [0.05, 0.1) is 5.69 Å². The van der Waals surface area contributed by atoms with E-state index in [1.165, 1.54) is 6.20 Å². The Labute approximate surface area is 64.7 Å².